The third-order valence-electron chi connectivity index (χ3n) is 3.93. The summed E-state index contributed by atoms with van der Waals surface area (Å²) in [4.78, 5) is 6.22. The first kappa shape index (κ1) is 18.5. The monoisotopic (exact) mass is 311 g/mol. The van der Waals surface area contributed by atoms with Gasteiger partial charge in [0.1, 0.15) is 17.6 Å². The number of nitrogens with one attached hydrogen (secondary N) is 1. The second-order valence-corrected chi connectivity index (χ2v) is 5.98. The van der Waals surface area contributed by atoms with E-state index in [0.717, 1.165) is 24.2 Å². The molecule has 126 valence electrons. The molecular formula is C16H31N4O2+. The Morgan fingerprint density at radius 3 is 2.77 bits per heavy atom. The summed E-state index contributed by atoms with van der Waals surface area (Å²) in [5, 5.41) is 21.4. The van der Waals surface area contributed by atoms with E-state index < -0.39 is 12.3 Å². The SMILES string of the molecule is CCC[C@@H](O)CNC1=C(/C([OH2+])=N/C(C)N)C=C(C)C(C)N1C. The van der Waals surface area contributed by atoms with Gasteiger partial charge in [-0.15, -0.1) is 0 Å². The molecular weight excluding hydrogens is 280 g/mol. The number of aliphatic imine (C=N–C) groups is 1. The number of likely N-dealkylation sites (N-methyl/N-ethyl adjacent to an activating group) is 1. The average Bonchev–Trinajstić information content (AvgIpc) is 2.43. The lowest BCUT2D eigenvalue weighted by Gasteiger charge is -2.35. The molecule has 0 radical (unpaired) electrons. The lowest BCUT2D eigenvalue weighted by Crippen LogP contribution is -2.42. The molecule has 22 heavy (non-hydrogen) atoms. The van der Waals surface area contributed by atoms with Gasteiger partial charge in [0.05, 0.1) is 6.10 Å². The van der Waals surface area contributed by atoms with Gasteiger partial charge in [-0.3, -0.25) is 0 Å². The molecule has 1 aliphatic heterocycles. The molecule has 0 fully saturated rings. The minimum atomic E-state index is -0.412. The summed E-state index contributed by atoms with van der Waals surface area (Å²) in [6, 6.07) is 0.234. The molecule has 6 heteroatoms. The molecule has 0 bridgehead atoms. The smallest absolute Gasteiger partial charge is 0.365 e. The van der Waals surface area contributed by atoms with Crippen LogP contribution in [0, 0.1) is 0 Å². The third kappa shape index (κ3) is 4.74. The van der Waals surface area contributed by atoms with Gasteiger partial charge < -0.3 is 26.2 Å². The zero-order valence-electron chi connectivity index (χ0n) is 14.3. The Hall–Kier alpha value is -1.53. The fourth-order valence-electron chi connectivity index (χ4n) is 2.43. The van der Waals surface area contributed by atoms with Crippen molar-refractivity contribution in [3.05, 3.63) is 23.0 Å². The number of hydrogen-bond acceptors (Lipinski definition) is 5. The van der Waals surface area contributed by atoms with Crippen molar-refractivity contribution in [2.75, 3.05) is 13.6 Å². The van der Waals surface area contributed by atoms with E-state index in [1.54, 1.807) is 6.92 Å². The first-order chi connectivity index (χ1) is 10.3. The van der Waals surface area contributed by atoms with E-state index in [9.17, 15) is 5.11 Å². The predicted octanol–water partition coefficient (Wildman–Crippen LogP) is 0.657. The molecule has 0 saturated carbocycles. The van der Waals surface area contributed by atoms with Crippen molar-refractivity contribution in [1.29, 1.82) is 0 Å². The third-order valence-corrected chi connectivity index (χ3v) is 3.93. The van der Waals surface area contributed by atoms with Crippen LogP contribution in [0.2, 0.25) is 0 Å². The summed E-state index contributed by atoms with van der Waals surface area (Å²) in [5.74, 6) is 0.989. The van der Waals surface area contributed by atoms with Gasteiger partial charge in [-0.2, -0.15) is 4.99 Å². The van der Waals surface area contributed by atoms with Gasteiger partial charge in [0.2, 0.25) is 0 Å². The van der Waals surface area contributed by atoms with Crippen LogP contribution in [-0.2, 0) is 0 Å². The van der Waals surface area contributed by atoms with Crippen LogP contribution < -0.4 is 11.1 Å². The van der Waals surface area contributed by atoms with Crippen molar-refractivity contribution in [3.8, 4) is 0 Å². The maximum atomic E-state index is 9.94. The van der Waals surface area contributed by atoms with Crippen LogP contribution in [0.1, 0.15) is 40.5 Å². The van der Waals surface area contributed by atoms with Gasteiger partial charge >= 0.3 is 5.90 Å². The van der Waals surface area contributed by atoms with Crippen LogP contribution in [0.3, 0.4) is 0 Å². The lowest BCUT2D eigenvalue weighted by molar-refractivity contribution is 0.158. The molecule has 3 atom stereocenters. The predicted molar refractivity (Wildman–Crippen MR) is 91.6 cm³/mol. The number of aliphatic hydroxyl groups is 1. The van der Waals surface area contributed by atoms with Crippen molar-refractivity contribution in [3.63, 3.8) is 0 Å². The molecule has 0 amide bonds. The highest BCUT2D eigenvalue weighted by atomic mass is 16.3. The van der Waals surface area contributed by atoms with E-state index in [2.05, 4.69) is 22.1 Å². The van der Waals surface area contributed by atoms with Crippen molar-refractivity contribution in [2.24, 2.45) is 10.7 Å². The highest BCUT2D eigenvalue weighted by molar-refractivity contribution is 5.96. The summed E-state index contributed by atoms with van der Waals surface area (Å²) < 4.78 is 0. The zero-order valence-corrected chi connectivity index (χ0v) is 14.3. The quantitative estimate of drug-likeness (QED) is 0.365. The van der Waals surface area contributed by atoms with Gasteiger partial charge in [-0.05, 0) is 33.3 Å². The van der Waals surface area contributed by atoms with Crippen LogP contribution in [0.5, 0.6) is 0 Å². The molecule has 6 N–H and O–H groups in total. The molecule has 0 aliphatic carbocycles. The molecule has 0 aromatic heterocycles. The molecule has 1 aliphatic rings. The highest BCUT2D eigenvalue weighted by Crippen LogP contribution is 2.24. The van der Waals surface area contributed by atoms with Crippen molar-refractivity contribution < 1.29 is 10.2 Å². The molecule has 1 heterocycles. The highest BCUT2D eigenvalue weighted by Gasteiger charge is 2.27. The van der Waals surface area contributed by atoms with Gasteiger partial charge in [-0.1, -0.05) is 18.9 Å². The summed E-state index contributed by atoms with van der Waals surface area (Å²) in [7, 11) is 1.98. The van der Waals surface area contributed by atoms with E-state index in [-0.39, 0.29) is 11.9 Å². The molecule has 2 unspecified atom stereocenters. The van der Waals surface area contributed by atoms with Crippen molar-refractivity contribution in [1.82, 2.24) is 10.2 Å². The van der Waals surface area contributed by atoms with E-state index in [0.29, 0.717) is 6.54 Å². The molecule has 0 aromatic rings. The maximum absolute atomic E-state index is 9.94. The first-order valence-corrected chi connectivity index (χ1v) is 7.90. The standard InChI is InChI=1S/C16H30N4O2/c1-6-7-13(21)9-18-15-14(16(22)19-12(4)17)8-10(2)11(3)20(15)5/h8,11-13,18,21H,6-7,9,17H2,1-5H3,(H,19,22)/p+1/t11?,12?,13-/m1/s1. The fourth-order valence-corrected chi connectivity index (χ4v) is 2.43. The largest absolute Gasteiger partial charge is 0.578 e. The van der Waals surface area contributed by atoms with Gasteiger partial charge in [-0.25, -0.2) is 0 Å². The van der Waals surface area contributed by atoms with E-state index in [1.807, 2.05) is 27.0 Å². The van der Waals surface area contributed by atoms with Gasteiger partial charge in [0.15, 0.2) is 0 Å². The van der Waals surface area contributed by atoms with E-state index in [1.165, 1.54) is 5.57 Å². The first-order valence-electron chi connectivity index (χ1n) is 7.90. The Labute approximate surface area is 133 Å². The normalized spacial score (nSPS) is 22.5. The maximum Gasteiger partial charge on any atom is 0.365 e. The molecule has 1 rings (SSSR count). The fraction of sp³-hybridized carbons (Fsp3) is 0.688. The number of aliphatic hydroxyl groups excluding tert-OH is 1. The van der Waals surface area contributed by atoms with Crippen LogP contribution >= 0.6 is 0 Å². The molecule has 0 saturated heterocycles. The Kier molecular flexibility index (Phi) is 6.90. The van der Waals surface area contributed by atoms with Crippen LogP contribution in [0.25, 0.3) is 0 Å². The minimum Gasteiger partial charge on any atom is -0.578 e. The summed E-state index contributed by atoms with van der Waals surface area (Å²) in [6.45, 7) is 8.41. The van der Waals surface area contributed by atoms with Crippen LogP contribution in [0.15, 0.2) is 28.0 Å². The Morgan fingerprint density at radius 1 is 1.59 bits per heavy atom. The Bertz CT molecular complexity index is 469. The van der Waals surface area contributed by atoms with E-state index in [4.69, 9.17) is 10.8 Å². The lowest BCUT2D eigenvalue weighted by atomic mass is 10.0. The number of rotatable bonds is 7. The Morgan fingerprint density at radius 2 is 2.23 bits per heavy atom. The number of nitrogens with two attached hydrogens (primary N) is 1. The summed E-state index contributed by atoms with van der Waals surface area (Å²) in [5.41, 5.74) is 7.57. The molecule has 0 aromatic carbocycles. The van der Waals surface area contributed by atoms with Crippen LogP contribution in [0.4, 0.5) is 0 Å². The van der Waals surface area contributed by atoms with Crippen LogP contribution in [-0.4, -0.2) is 52.9 Å². The minimum absolute atomic E-state index is 0.167. The topological polar surface area (TPSA) is 96.8 Å². The molecule has 0 spiro atoms. The average molecular weight is 311 g/mol. The van der Waals surface area contributed by atoms with Gasteiger partial charge in [0, 0.05) is 19.6 Å². The zero-order chi connectivity index (χ0) is 16.9. The molecule has 6 nitrogen and oxygen atoms in total. The Balaban J connectivity index is 3.08. The van der Waals surface area contributed by atoms with Crippen molar-refractivity contribution >= 4 is 5.90 Å². The second kappa shape index (κ2) is 8.19. The second-order valence-electron chi connectivity index (χ2n) is 5.98. The van der Waals surface area contributed by atoms with E-state index >= 15 is 0 Å². The van der Waals surface area contributed by atoms with Crippen molar-refractivity contribution in [2.45, 2.75) is 58.8 Å². The summed E-state index contributed by atoms with van der Waals surface area (Å²) in [6.07, 6.45) is 2.87. The summed E-state index contributed by atoms with van der Waals surface area (Å²) >= 11 is 0. The number of hydrogen-bond donors (Lipinski definition) is 3. The van der Waals surface area contributed by atoms with Gasteiger partial charge in [0.25, 0.3) is 0 Å². The number of nitrogens with zero attached hydrogens (tertiary/aromatic N) is 2.